The van der Waals surface area contributed by atoms with E-state index in [4.69, 9.17) is 0 Å². The van der Waals surface area contributed by atoms with E-state index in [0.717, 1.165) is 17.7 Å². The molecule has 2 unspecified atom stereocenters. The van der Waals surface area contributed by atoms with Crippen LogP contribution in [0, 0.1) is 19.8 Å². The molecule has 0 bridgehead atoms. The van der Waals surface area contributed by atoms with Gasteiger partial charge >= 0.3 is 0 Å². The third-order valence-corrected chi connectivity index (χ3v) is 4.18. The lowest BCUT2D eigenvalue weighted by atomic mass is 9.92. The van der Waals surface area contributed by atoms with Gasteiger partial charge in [-0.2, -0.15) is 0 Å². The molecule has 1 aromatic rings. The fourth-order valence-corrected chi connectivity index (χ4v) is 2.57. The van der Waals surface area contributed by atoms with Crippen LogP contribution in [0.25, 0.3) is 0 Å². The molecule has 19 heavy (non-hydrogen) atoms. The molecule has 1 heterocycles. The van der Waals surface area contributed by atoms with Gasteiger partial charge in [-0.05, 0) is 62.4 Å². The Bertz CT molecular complexity index is 456. The predicted molar refractivity (Wildman–Crippen MR) is 78.4 cm³/mol. The lowest BCUT2D eigenvalue weighted by Crippen LogP contribution is -2.47. The number of rotatable bonds is 3. The summed E-state index contributed by atoms with van der Waals surface area (Å²) < 4.78 is 0. The molecule has 0 aromatic heterocycles. The summed E-state index contributed by atoms with van der Waals surface area (Å²) in [5, 5.41) is 6.53. The van der Waals surface area contributed by atoms with E-state index in [2.05, 4.69) is 24.5 Å². The predicted octanol–water partition coefficient (Wildman–Crippen LogP) is 2.42. The molecule has 3 heteroatoms. The first kappa shape index (κ1) is 14.1. The minimum atomic E-state index is 0.0303. The van der Waals surface area contributed by atoms with Crippen molar-refractivity contribution in [1.29, 1.82) is 0 Å². The number of benzene rings is 1. The molecule has 0 aliphatic carbocycles. The van der Waals surface area contributed by atoms with Crippen LogP contribution < -0.4 is 10.6 Å². The molecule has 0 radical (unpaired) electrons. The Morgan fingerprint density at radius 2 is 2.16 bits per heavy atom. The molecule has 104 valence electrons. The van der Waals surface area contributed by atoms with Crippen LogP contribution in [0.15, 0.2) is 18.2 Å². The van der Waals surface area contributed by atoms with Crippen LogP contribution in [0.2, 0.25) is 0 Å². The topological polar surface area (TPSA) is 41.1 Å². The van der Waals surface area contributed by atoms with Crippen LogP contribution >= 0.6 is 0 Å². The largest absolute Gasteiger partial charge is 0.350 e. The van der Waals surface area contributed by atoms with Crippen LogP contribution in [0.1, 0.15) is 41.3 Å². The highest BCUT2D eigenvalue weighted by molar-refractivity contribution is 5.94. The number of hydrogen-bond acceptors (Lipinski definition) is 2. The van der Waals surface area contributed by atoms with E-state index in [0.29, 0.717) is 18.5 Å². The van der Waals surface area contributed by atoms with E-state index in [9.17, 15) is 4.79 Å². The fourth-order valence-electron chi connectivity index (χ4n) is 2.57. The van der Waals surface area contributed by atoms with Crippen LogP contribution in [0.4, 0.5) is 0 Å². The molecule has 1 aliphatic heterocycles. The Labute approximate surface area is 115 Å². The van der Waals surface area contributed by atoms with E-state index in [1.54, 1.807) is 0 Å². The van der Waals surface area contributed by atoms with Gasteiger partial charge in [0.15, 0.2) is 0 Å². The van der Waals surface area contributed by atoms with Gasteiger partial charge in [-0.3, -0.25) is 4.79 Å². The van der Waals surface area contributed by atoms with Gasteiger partial charge in [0.25, 0.3) is 5.91 Å². The summed E-state index contributed by atoms with van der Waals surface area (Å²) in [6.07, 6.45) is 2.49. The number of nitrogens with one attached hydrogen (secondary N) is 2. The Morgan fingerprint density at radius 3 is 2.84 bits per heavy atom. The van der Waals surface area contributed by atoms with E-state index in [1.807, 2.05) is 25.1 Å². The second-order valence-corrected chi connectivity index (χ2v) is 5.69. The smallest absolute Gasteiger partial charge is 0.251 e. The average Bonchev–Trinajstić information content (AvgIpc) is 2.40. The van der Waals surface area contributed by atoms with Crippen molar-refractivity contribution in [3.63, 3.8) is 0 Å². The molecule has 1 saturated heterocycles. The molecule has 2 N–H and O–H groups in total. The standard InChI is InChI=1S/C16H24N2O/c1-11-6-7-14(9-13(11)3)16(19)18-10-15-12(2)5-4-8-17-15/h6-7,9,12,15,17H,4-5,8,10H2,1-3H3,(H,18,19). The zero-order chi connectivity index (χ0) is 13.8. The number of piperidine rings is 1. The van der Waals surface area contributed by atoms with Crippen molar-refractivity contribution in [3.8, 4) is 0 Å². The SMILES string of the molecule is Cc1ccc(C(=O)NCC2NCCCC2C)cc1C. The fraction of sp³-hybridized carbons (Fsp3) is 0.562. The van der Waals surface area contributed by atoms with Gasteiger partial charge in [0.05, 0.1) is 0 Å². The highest BCUT2D eigenvalue weighted by Gasteiger charge is 2.21. The van der Waals surface area contributed by atoms with Gasteiger partial charge in [0.2, 0.25) is 0 Å². The van der Waals surface area contributed by atoms with Crippen molar-refractivity contribution in [2.24, 2.45) is 5.92 Å². The first-order valence-corrected chi connectivity index (χ1v) is 7.17. The van der Waals surface area contributed by atoms with Gasteiger partial charge in [-0.25, -0.2) is 0 Å². The summed E-state index contributed by atoms with van der Waals surface area (Å²) in [7, 11) is 0. The second-order valence-electron chi connectivity index (χ2n) is 5.69. The number of carbonyl (C=O) groups excluding carboxylic acids is 1. The minimum Gasteiger partial charge on any atom is -0.350 e. The van der Waals surface area contributed by atoms with E-state index in [-0.39, 0.29) is 5.91 Å². The van der Waals surface area contributed by atoms with Crippen LogP contribution in [0.5, 0.6) is 0 Å². The van der Waals surface area contributed by atoms with Gasteiger partial charge in [-0.1, -0.05) is 13.0 Å². The Kier molecular flexibility index (Phi) is 4.59. The van der Waals surface area contributed by atoms with Crippen molar-refractivity contribution in [2.75, 3.05) is 13.1 Å². The quantitative estimate of drug-likeness (QED) is 0.876. The highest BCUT2D eigenvalue weighted by atomic mass is 16.1. The van der Waals surface area contributed by atoms with E-state index < -0.39 is 0 Å². The first-order chi connectivity index (χ1) is 9.08. The molecule has 1 aromatic carbocycles. The van der Waals surface area contributed by atoms with Crippen molar-refractivity contribution < 1.29 is 4.79 Å². The first-order valence-electron chi connectivity index (χ1n) is 7.17. The van der Waals surface area contributed by atoms with Gasteiger partial charge in [0, 0.05) is 18.2 Å². The number of hydrogen-bond donors (Lipinski definition) is 2. The molecule has 1 aliphatic rings. The maximum absolute atomic E-state index is 12.1. The number of carbonyl (C=O) groups is 1. The average molecular weight is 260 g/mol. The molecule has 2 atom stereocenters. The highest BCUT2D eigenvalue weighted by Crippen LogP contribution is 2.15. The summed E-state index contributed by atoms with van der Waals surface area (Å²) in [4.78, 5) is 12.1. The second kappa shape index (κ2) is 6.20. The Balaban J connectivity index is 1.91. The maximum Gasteiger partial charge on any atom is 0.251 e. The molecular weight excluding hydrogens is 236 g/mol. The molecule has 0 saturated carbocycles. The number of amides is 1. The lowest BCUT2D eigenvalue weighted by Gasteiger charge is -2.30. The molecule has 3 nitrogen and oxygen atoms in total. The zero-order valence-electron chi connectivity index (χ0n) is 12.1. The van der Waals surface area contributed by atoms with Gasteiger partial charge < -0.3 is 10.6 Å². The summed E-state index contributed by atoms with van der Waals surface area (Å²) in [5.41, 5.74) is 3.14. The van der Waals surface area contributed by atoms with Gasteiger partial charge in [0.1, 0.15) is 0 Å². The molecule has 1 amide bonds. The Hall–Kier alpha value is -1.35. The Morgan fingerprint density at radius 1 is 1.37 bits per heavy atom. The molecule has 1 fully saturated rings. The van der Waals surface area contributed by atoms with Crippen LogP contribution in [0.3, 0.4) is 0 Å². The van der Waals surface area contributed by atoms with Gasteiger partial charge in [-0.15, -0.1) is 0 Å². The minimum absolute atomic E-state index is 0.0303. The summed E-state index contributed by atoms with van der Waals surface area (Å²) >= 11 is 0. The van der Waals surface area contributed by atoms with Crippen molar-refractivity contribution in [2.45, 2.75) is 39.7 Å². The third kappa shape index (κ3) is 3.57. The van der Waals surface area contributed by atoms with Crippen molar-refractivity contribution in [3.05, 3.63) is 34.9 Å². The van der Waals surface area contributed by atoms with Crippen molar-refractivity contribution in [1.82, 2.24) is 10.6 Å². The zero-order valence-corrected chi connectivity index (χ0v) is 12.1. The monoisotopic (exact) mass is 260 g/mol. The van der Waals surface area contributed by atoms with Crippen molar-refractivity contribution >= 4 is 5.91 Å². The molecular formula is C16H24N2O. The van der Waals surface area contributed by atoms with E-state index >= 15 is 0 Å². The maximum atomic E-state index is 12.1. The summed E-state index contributed by atoms with van der Waals surface area (Å²) in [6, 6.07) is 6.27. The lowest BCUT2D eigenvalue weighted by molar-refractivity contribution is 0.0943. The van der Waals surface area contributed by atoms with E-state index in [1.165, 1.54) is 18.4 Å². The molecule has 0 spiro atoms. The summed E-state index contributed by atoms with van der Waals surface area (Å²) in [5.74, 6) is 0.663. The normalized spacial score (nSPS) is 23.1. The van der Waals surface area contributed by atoms with Crippen LogP contribution in [-0.4, -0.2) is 25.0 Å². The van der Waals surface area contributed by atoms with Crippen LogP contribution in [-0.2, 0) is 0 Å². The molecule has 2 rings (SSSR count). The third-order valence-electron chi connectivity index (χ3n) is 4.18. The number of aryl methyl sites for hydroxylation is 2. The summed E-state index contributed by atoms with van der Waals surface area (Å²) in [6.45, 7) is 8.13.